The van der Waals surface area contributed by atoms with E-state index < -0.39 is 0 Å². The molecule has 0 bridgehead atoms. The summed E-state index contributed by atoms with van der Waals surface area (Å²) in [5, 5.41) is 0. The molecule has 0 fully saturated rings. The maximum atomic E-state index is 5.93. The molecule has 0 radical (unpaired) electrons. The van der Waals surface area contributed by atoms with Gasteiger partial charge in [-0.2, -0.15) is 0 Å². The average molecular weight is 269 g/mol. The van der Waals surface area contributed by atoms with Gasteiger partial charge in [-0.1, -0.05) is 12.1 Å². The van der Waals surface area contributed by atoms with E-state index in [2.05, 4.69) is 39.8 Å². The highest BCUT2D eigenvalue weighted by atomic mass is 16.5. The number of nitrogens with two attached hydrogens (primary N) is 1. The largest absolute Gasteiger partial charge is 0.497 e. The van der Waals surface area contributed by atoms with E-state index in [9.17, 15) is 0 Å². The van der Waals surface area contributed by atoms with Crippen LogP contribution in [0.1, 0.15) is 27.8 Å². The fraction of sp³-hybridized carbons (Fsp3) is 0.333. The summed E-state index contributed by atoms with van der Waals surface area (Å²) in [4.78, 5) is 0. The van der Waals surface area contributed by atoms with E-state index in [1.54, 1.807) is 7.11 Å². The maximum absolute atomic E-state index is 5.93. The van der Waals surface area contributed by atoms with Gasteiger partial charge >= 0.3 is 0 Å². The molecule has 0 heterocycles. The van der Waals surface area contributed by atoms with Crippen molar-refractivity contribution in [2.75, 3.05) is 7.11 Å². The Balaban J connectivity index is 2.74. The lowest BCUT2D eigenvalue weighted by atomic mass is 9.87. The van der Waals surface area contributed by atoms with E-state index in [1.165, 1.54) is 33.4 Å². The highest BCUT2D eigenvalue weighted by molar-refractivity contribution is 5.76. The minimum absolute atomic E-state index is 0.512. The van der Waals surface area contributed by atoms with Gasteiger partial charge in [0, 0.05) is 6.54 Å². The van der Waals surface area contributed by atoms with Crippen LogP contribution in [0.3, 0.4) is 0 Å². The predicted octanol–water partition coefficient (Wildman–Crippen LogP) is 4.05. The number of ether oxygens (including phenoxy) is 1. The first-order chi connectivity index (χ1) is 9.49. The fourth-order valence-electron chi connectivity index (χ4n) is 2.73. The first-order valence-electron chi connectivity index (χ1n) is 6.94. The molecule has 0 spiro atoms. The van der Waals surface area contributed by atoms with Gasteiger partial charge in [-0.15, -0.1) is 0 Å². The molecular formula is C18H23NO. The summed E-state index contributed by atoms with van der Waals surface area (Å²) in [5.74, 6) is 0.855. The van der Waals surface area contributed by atoms with E-state index >= 15 is 0 Å². The van der Waals surface area contributed by atoms with Crippen LogP contribution in [0.5, 0.6) is 5.75 Å². The van der Waals surface area contributed by atoms with Crippen LogP contribution in [0.2, 0.25) is 0 Å². The van der Waals surface area contributed by atoms with Gasteiger partial charge < -0.3 is 10.5 Å². The third-order valence-electron chi connectivity index (χ3n) is 4.17. The molecule has 2 N–H and O–H groups in total. The molecule has 2 aromatic rings. The minimum Gasteiger partial charge on any atom is -0.497 e. The Morgan fingerprint density at radius 3 is 2.05 bits per heavy atom. The summed E-state index contributed by atoms with van der Waals surface area (Å²) in [6.45, 7) is 9.20. The van der Waals surface area contributed by atoms with Crippen molar-refractivity contribution in [3.05, 3.63) is 52.1 Å². The number of methoxy groups -OCH3 is 1. The topological polar surface area (TPSA) is 35.2 Å². The second kappa shape index (κ2) is 5.68. The van der Waals surface area contributed by atoms with Crippen LogP contribution in [0, 0.1) is 27.7 Å². The zero-order valence-corrected chi connectivity index (χ0v) is 13.0. The van der Waals surface area contributed by atoms with Gasteiger partial charge in [0.2, 0.25) is 0 Å². The number of hydrogen-bond acceptors (Lipinski definition) is 2. The maximum Gasteiger partial charge on any atom is 0.119 e. The second-order valence-electron chi connectivity index (χ2n) is 5.36. The molecule has 0 saturated heterocycles. The molecule has 2 aromatic carbocycles. The minimum atomic E-state index is 0.512. The molecule has 0 saturated carbocycles. The lowest BCUT2D eigenvalue weighted by Crippen LogP contribution is -2.03. The molecule has 0 aromatic heterocycles. The van der Waals surface area contributed by atoms with Gasteiger partial charge in [0.05, 0.1) is 7.11 Å². The lowest BCUT2D eigenvalue weighted by Gasteiger charge is -2.18. The lowest BCUT2D eigenvalue weighted by molar-refractivity contribution is 0.414. The van der Waals surface area contributed by atoms with E-state index in [-0.39, 0.29) is 0 Å². The molecule has 0 aliphatic carbocycles. The van der Waals surface area contributed by atoms with Crippen molar-refractivity contribution in [2.24, 2.45) is 5.73 Å². The van der Waals surface area contributed by atoms with E-state index in [1.807, 2.05) is 12.1 Å². The Morgan fingerprint density at radius 1 is 0.950 bits per heavy atom. The zero-order chi connectivity index (χ0) is 14.9. The van der Waals surface area contributed by atoms with Crippen LogP contribution in [-0.2, 0) is 6.54 Å². The monoisotopic (exact) mass is 269 g/mol. The Labute approximate surface area is 121 Å². The molecule has 2 rings (SSSR count). The van der Waals surface area contributed by atoms with E-state index in [4.69, 9.17) is 10.5 Å². The summed E-state index contributed by atoms with van der Waals surface area (Å²) >= 11 is 0. The second-order valence-corrected chi connectivity index (χ2v) is 5.36. The third-order valence-corrected chi connectivity index (χ3v) is 4.17. The molecule has 2 heteroatoms. The van der Waals surface area contributed by atoms with Crippen molar-refractivity contribution < 1.29 is 4.74 Å². The van der Waals surface area contributed by atoms with Crippen LogP contribution < -0.4 is 10.5 Å². The van der Waals surface area contributed by atoms with Crippen LogP contribution >= 0.6 is 0 Å². The van der Waals surface area contributed by atoms with Gasteiger partial charge in [-0.25, -0.2) is 0 Å². The Kier molecular flexibility index (Phi) is 4.15. The molecule has 0 atom stereocenters. The molecular weight excluding hydrogens is 246 g/mol. The molecule has 0 aliphatic rings. The van der Waals surface area contributed by atoms with Crippen molar-refractivity contribution in [1.29, 1.82) is 0 Å². The summed E-state index contributed by atoms with van der Waals surface area (Å²) in [6, 6.07) is 8.41. The Morgan fingerprint density at radius 2 is 1.55 bits per heavy atom. The van der Waals surface area contributed by atoms with Crippen molar-refractivity contribution in [2.45, 2.75) is 34.2 Å². The highest BCUT2D eigenvalue weighted by Crippen LogP contribution is 2.35. The molecule has 0 aliphatic heterocycles. The van der Waals surface area contributed by atoms with E-state index in [0.717, 1.165) is 11.3 Å². The van der Waals surface area contributed by atoms with Gasteiger partial charge in [-0.05, 0) is 78.8 Å². The zero-order valence-electron chi connectivity index (χ0n) is 13.0. The Hall–Kier alpha value is -1.80. The summed E-state index contributed by atoms with van der Waals surface area (Å²) in [5.41, 5.74) is 14.9. The number of hydrogen-bond donors (Lipinski definition) is 1. The summed E-state index contributed by atoms with van der Waals surface area (Å²) < 4.78 is 5.30. The molecule has 20 heavy (non-hydrogen) atoms. The third kappa shape index (κ3) is 2.44. The van der Waals surface area contributed by atoms with E-state index in [0.29, 0.717) is 6.54 Å². The molecule has 106 valence electrons. The number of rotatable bonds is 3. The van der Waals surface area contributed by atoms with Crippen LogP contribution in [0.4, 0.5) is 0 Å². The average Bonchev–Trinajstić information content (AvgIpc) is 2.45. The van der Waals surface area contributed by atoms with Gasteiger partial charge in [0.15, 0.2) is 0 Å². The standard InChI is InChI=1S/C18H23NO/c1-11-8-12(2)14(4)18(13(11)3)17-7-6-16(20-5)9-15(17)10-19/h6-9H,10,19H2,1-5H3. The quantitative estimate of drug-likeness (QED) is 0.912. The van der Waals surface area contributed by atoms with Crippen molar-refractivity contribution in [3.63, 3.8) is 0 Å². The van der Waals surface area contributed by atoms with Crippen LogP contribution in [0.15, 0.2) is 24.3 Å². The van der Waals surface area contributed by atoms with Crippen LogP contribution in [-0.4, -0.2) is 7.11 Å². The van der Waals surface area contributed by atoms with Gasteiger partial charge in [-0.3, -0.25) is 0 Å². The van der Waals surface area contributed by atoms with Crippen LogP contribution in [0.25, 0.3) is 11.1 Å². The summed E-state index contributed by atoms with van der Waals surface area (Å²) in [6.07, 6.45) is 0. The highest BCUT2D eigenvalue weighted by Gasteiger charge is 2.14. The van der Waals surface area contributed by atoms with Crippen molar-refractivity contribution in [3.8, 4) is 16.9 Å². The first kappa shape index (κ1) is 14.6. The predicted molar refractivity (Wildman–Crippen MR) is 85.3 cm³/mol. The molecule has 0 unspecified atom stereocenters. The Bertz CT molecular complexity index is 618. The number of benzene rings is 2. The molecule has 0 amide bonds. The smallest absolute Gasteiger partial charge is 0.119 e. The summed E-state index contributed by atoms with van der Waals surface area (Å²) in [7, 11) is 1.68. The normalized spacial score (nSPS) is 10.7. The van der Waals surface area contributed by atoms with Crippen molar-refractivity contribution in [1.82, 2.24) is 0 Å². The fourth-order valence-corrected chi connectivity index (χ4v) is 2.73. The first-order valence-corrected chi connectivity index (χ1v) is 6.94. The van der Waals surface area contributed by atoms with Crippen molar-refractivity contribution >= 4 is 0 Å². The molecule has 2 nitrogen and oxygen atoms in total. The SMILES string of the molecule is COc1ccc(-c2c(C)c(C)cc(C)c2C)c(CN)c1. The van der Waals surface area contributed by atoms with Gasteiger partial charge in [0.1, 0.15) is 5.75 Å². The van der Waals surface area contributed by atoms with Gasteiger partial charge in [0.25, 0.3) is 0 Å². The number of aryl methyl sites for hydroxylation is 2.